The normalized spacial score (nSPS) is 11.8. The third-order valence-electron chi connectivity index (χ3n) is 5.08. The first kappa shape index (κ1) is 25.7. The number of thiazole rings is 1. The van der Waals surface area contributed by atoms with Gasteiger partial charge in [0, 0.05) is 38.4 Å². The number of amides is 1. The van der Waals surface area contributed by atoms with Crippen LogP contribution in [0.25, 0.3) is 21.3 Å². The zero-order valence-electron chi connectivity index (χ0n) is 19.5. The molecule has 0 atom stereocenters. The average molecular weight is 524 g/mol. The highest BCUT2D eigenvalue weighted by Crippen LogP contribution is 2.33. The summed E-state index contributed by atoms with van der Waals surface area (Å²) in [5.41, 5.74) is 2.34. The Kier molecular flexibility index (Phi) is 7.91. The van der Waals surface area contributed by atoms with E-state index in [1.807, 2.05) is 11.5 Å². The Hall–Kier alpha value is -3.42. The summed E-state index contributed by atoms with van der Waals surface area (Å²) in [5, 5.41) is 6.39. The van der Waals surface area contributed by atoms with Crippen LogP contribution in [0.3, 0.4) is 0 Å². The summed E-state index contributed by atoms with van der Waals surface area (Å²) in [7, 11) is 1.59. The van der Waals surface area contributed by atoms with E-state index in [0.717, 1.165) is 5.52 Å². The van der Waals surface area contributed by atoms with E-state index < -0.39 is 6.36 Å². The molecule has 4 aromatic rings. The maximum absolute atomic E-state index is 12.6. The van der Waals surface area contributed by atoms with Crippen molar-refractivity contribution in [2.75, 3.05) is 38.8 Å². The monoisotopic (exact) mass is 523 g/mol. The first-order valence-electron chi connectivity index (χ1n) is 11.1. The molecule has 2 aromatic heterocycles. The maximum atomic E-state index is 12.6. The molecule has 36 heavy (non-hydrogen) atoms. The van der Waals surface area contributed by atoms with E-state index in [4.69, 9.17) is 9.47 Å². The molecule has 0 saturated carbocycles. The van der Waals surface area contributed by atoms with Crippen molar-refractivity contribution in [2.24, 2.45) is 0 Å². The number of methoxy groups -OCH3 is 1. The fraction of sp³-hybridized carbons (Fsp3) is 0.348. The third-order valence-corrected chi connectivity index (χ3v) is 6.01. The Bertz CT molecular complexity index is 1360. The summed E-state index contributed by atoms with van der Waals surface area (Å²) in [6.45, 7) is 4.17. The second kappa shape index (κ2) is 11.1. The first-order chi connectivity index (χ1) is 17.3. The van der Waals surface area contributed by atoms with Crippen LogP contribution in [0.4, 0.5) is 24.3 Å². The molecule has 0 unspecified atom stereocenters. The highest BCUT2D eigenvalue weighted by atomic mass is 32.1. The molecule has 0 radical (unpaired) electrons. The van der Waals surface area contributed by atoms with Gasteiger partial charge in [0.05, 0.1) is 34.5 Å². The molecule has 9 nitrogen and oxygen atoms in total. The molecule has 2 aromatic carbocycles. The van der Waals surface area contributed by atoms with E-state index in [2.05, 4.69) is 25.3 Å². The predicted octanol–water partition coefficient (Wildman–Crippen LogP) is 4.70. The lowest BCUT2D eigenvalue weighted by Gasteiger charge is -2.09. The van der Waals surface area contributed by atoms with Crippen molar-refractivity contribution in [1.82, 2.24) is 19.9 Å². The SMILES string of the molecule is CCOCCNC(=O)c1ccc2c(c1)nc(Nc1nc3ccc(OC(F)(F)F)cc3s1)n2CCOC. The first-order valence-corrected chi connectivity index (χ1v) is 11.9. The second-order valence-electron chi connectivity index (χ2n) is 7.56. The van der Waals surface area contributed by atoms with Crippen LogP contribution in [-0.4, -0.2) is 60.3 Å². The van der Waals surface area contributed by atoms with Crippen LogP contribution in [0.15, 0.2) is 36.4 Å². The molecular weight excluding hydrogens is 499 g/mol. The van der Waals surface area contributed by atoms with Crippen LogP contribution < -0.4 is 15.4 Å². The van der Waals surface area contributed by atoms with Gasteiger partial charge in [0.2, 0.25) is 5.95 Å². The van der Waals surface area contributed by atoms with Gasteiger partial charge in [-0.25, -0.2) is 9.97 Å². The highest BCUT2D eigenvalue weighted by Gasteiger charge is 2.31. The smallest absolute Gasteiger partial charge is 0.406 e. The van der Waals surface area contributed by atoms with Gasteiger partial charge in [0.25, 0.3) is 5.91 Å². The molecule has 2 heterocycles. The Labute approximate surface area is 208 Å². The van der Waals surface area contributed by atoms with E-state index in [1.165, 1.54) is 29.5 Å². The van der Waals surface area contributed by atoms with Gasteiger partial charge in [0.15, 0.2) is 5.13 Å². The molecule has 0 aliphatic carbocycles. The molecule has 0 aliphatic rings. The minimum atomic E-state index is -4.77. The molecule has 13 heteroatoms. The van der Waals surface area contributed by atoms with Gasteiger partial charge >= 0.3 is 6.36 Å². The number of nitrogens with one attached hydrogen (secondary N) is 2. The van der Waals surface area contributed by atoms with Gasteiger partial charge in [-0.2, -0.15) is 0 Å². The quantitative estimate of drug-likeness (QED) is 0.275. The number of fused-ring (bicyclic) bond motifs is 2. The Morgan fingerprint density at radius 2 is 1.94 bits per heavy atom. The fourth-order valence-corrected chi connectivity index (χ4v) is 4.40. The number of imidazole rings is 1. The lowest BCUT2D eigenvalue weighted by molar-refractivity contribution is -0.274. The van der Waals surface area contributed by atoms with E-state index in [-0.39, 0.29) is 11.7 Å². The number of nitrogens with zero attached hydrogens (tertiary/aromatic N) is 3. The molecule has 4 rings (SSSR count). The molecule has 0 fully saturated rings. The number of ether oxygens (including phenoxy) is 3. The summed E-state index contributed by atoms with van der Waals surface area (Å²) in [6.07, 6.45) is -4.77. The van der Waals surface area contributed by atoms with Crippen molar-refractivity contribution < 1.29 is 32.2 Å². The van der Waals surface area contributed by atoms with E-state index in [0.29, 0.717) is 65.3 Å². The predicted molar refractivity (Wildman–Crippen MR) is 130 cm³/mol. The lowest BCUT2D eigenvalue weighted by atomic mass is 10.2. The number of carbonyl (C=O) groups is 1. The summed E-state index contributed by atoms with van der Waals surface area (Å²) >= 11 is 1.17. The molecule has 0 saturated heterocycles. The molecule has 192 valence electrons. The van der Waals surface area contributed by atoms with Crippen LogP contribution in [0.1, 0.15) is 17.3 Å². The van der Waals surface area contributed by atoms with Crippen LogP contribution in [0, 0.1) is 0 Å². The Balaban J connectivity index is 1.59. The number of benzene rings is 2. The summed E-state index contributed by atoms with van der Waals surface area (Å²) in [5.74, 6) is -0.0908. The van der Waals surface area contributed by atoms with Crippen LogP contribution in [-0.2, 0) is 16.0 Å². The highest BCUT2D eigenvalue weighted by molar-refractivity contribution is 7.22. The number of hydrogen-bond acceptors (Lipinski definition) is 8. The number of alkyl halides is 3. The van der Waals surface area contributed by atoms with E-state index in [1.54, 1.807) is 25.3 Å². The number of carbonyl (C=O) groups excluding carboxylic acids is 1. The van der Waals surface area contributed by atoms with Crippen molar-refractivity contribution >= 4 is 49.6 Å². The summed E-state index contributed by atoms with van der Waals surface area (Å²) in [4.78, 5) is 21.6. The molecular formula is C23H24F3N5O4S. The Morgan fingerprint density at radius 3 is 2.69 bits per heavy atom. The molecule has 0 bridgehead atoms. The van der Waals surface area contributed by atoms with Gasteiger partial charge in [-0.15, -0.1) is 13.2 Å². The van der Waals surface area contributed by atoms with Gasteiger partial charge in [-0.05, 0) is 37.3 Å². The second-order valence-corrected chi connectivity index (χ2v) is 8.59. The fourth-order valence-electron chi connectivity index (χ4n) is 3.51. The molecule has 0 spiro atoms. The van der Waals surface area contributed by atoms with Gasteiger partial charge in [-0.1, -0.05) is 11.3 Å². The molecule has 1 amide bonds. The lowest BCUT2D eigenvalue weighted by Crippen LogP contribution is -2.27. The van der Waals surface area contributed by atoms with E-state index in [9.17, 15) is 18.0 Å². The minimum Gasteiger partial charge on any atom is -0.406 e. The van der Waals surface area contributed by atoms with Crippen molar-refractivity contribution in [1.29, 1.82) is 0 Å². The summed E-state index contributed by atoms with van der Waals surface area (Å²) < 4.78 is 54.5. The minimum absolute atomic E-state index is 0.236. The number of halogens is 3. The van der Waals surface area contributed by atoms with E-state index >= 15 is 0 Å². The van der Waals surface area contributed by atoms with Gasteiger partial charge < -0.3 is 29.4 Å². The van der Waals surface area contributed by atoms with Gasteiger partial charge in [0.1, 0.15) is 5.75 Å². The third kappa shape index (κ3) is 6.22. The topological polar surface area (TPSA) is 99.5 Å². The van der Waals surface area contributed by atoms with Crippen molar-refractivity contribution in [3.8, 4) is 5.75 Å². The zero-order valence-corrected chi connectivity index (χ0v) is 20.3. The molecule has 0 aliphatic heterocycles. The maximum Gasteiger partial charge on any atom is 0.573 e. The van der Waals surface area contributed by atoms with Crippen molar-refractivity contribution in [2.45, 2.75) is 19.8 Å². The average Bonchev–Trinajstić information content (AvgIpc) is 3.38. The zero-order chi connectivity index (χ0) is 25.7. The standard InChI is InChI=1S/C23H24F3N5O4S/c1-3-34-10-8-27-20(32)14-4-7-18-17(12-14)28-21(31(18)9-11-33-2)30-22-29-16-6-5-15(13-19(16)36-22)35-23(24,25)26/h4-7,12-13H,3,8-11H2,1-2H3,(H,27,32)(H,28,29,30). The largest absolute Gasteiger partial charge is 0.573 e. The number of hydrogen-bond donors (Lipinski definition) is 2. The van der Waals surface area contributed by atoms with Crippen LogP contribution in [0.2, 0.25) is 0 Å². The van der Waals surface area contributed by atoms with Crippen molar-refractivity contribution in [3.63, 3.8) is 0 Å². The Morgan fingerprint density at radius 1 is 1.11 bits per heavy atom. The summed E-state index contributed by atoms with van der Waals surface area (Å²) in [6, 6.07) is 9.18. The number of anilines is 2. The van der Waals surface area contributed by atoms with Gasteiger partial charge in [-0.3, -0.25) is 4.79 Å². The number of aromatic nitrogens is 3. The van der Waals surface area contributed by atoms with Crippen molar-refractivity contribution in [3.05, 3.63) is 42.0 Å². The number of rotatable bonds is 11. The van der Waals surface area contributed by atoms with Crippen LogP contribution in [0.5, 0.6) is 5.75 Å². The molecule has 2 N–H and O–H groups in total. The van der Waals surface area contributed by atoms with Crippen LogP contribution >= 0.6 is 11.3 Å².